The Hall–Kier alpha value is -2.78. The summed E-state index contributed by atoms with van der Waals surface area (Å²) in [6, 6.07) is 7.78. The van der Waals surface area contributed by atoms with Crippen molar-refractivity contribution in [1.29, 1.82) is 0 Å². The molecule has 0 aliphatic carbocycles. The summed E-state index contributed by atoms with van der Waals surface area (Å²) in [5.74, 6) is 1.07. The monoisotopic (exact) mass is 430 g/mol. The minimum Gasteiger partial charge on any atom is -0.486 e. The van der Waals surface area contributed by atoms with Crippen LogP contribution in [-0.4, -0.2) is 52.0 Å². The molecule has 0 bridgehead atoms. The Labute approximate surface area is 178 Å². The summed E-state index contributed by atoms with van der Waals surface area (Å²) < 4.78 is 23.8. The Bertz CT molecular complexity index is 1010. The topological polar surface area (TPSA) is 71.7 Å². The average molecular weight is 431 g/mol. The highest BCUT2D eigenvalue weighted by Gasteiger charge is 2.26. The number of amides is 1. The van der Waals surface area contributed by atoms with Crippen LogP contribution in [0.25, 0.3) is 0 Å². The van der Waals surface area contributed by atoms with E-state index in [0.717, 1.165) is 36.1 Å². The van der Waals surface area contributed by atoms with Gasteiger partial charge in [0.2, 0.25) is 0 Å². The van der Waals surface area contributed by atoms with E-state index in [1.165, 1.54) is 23.5 Å². The number of hydrogen-bond acceptors (Lipinski definition) is 7. The number of aryl methyl sites for hydroxylation is 2. The van der Waals surface area contributed by atoms with Crippen LogP contribution in [0.5, 0.6) is 5.75 Å². The molecule has 1 aliphatic rings. The van der Waals surface area contributed by atoms with Crippen LogP contribution in [0.15, 0.2) is 34.9 Å². The molecular formula is C21H23FN4O3S. The van der Waals surface area contributed by atoms with Crippen LogP contribution < -0.4 is 4.74 Å². The van der Waals surface area contributed by atoms with Crippen molar-refractivity contribution in [3.05, 3.63) is 63.2 Å². The minimum absolute atomic E-state index is 0.00922. The lowest BCUT2D eigenvalue weighted by molar-refractivity contribution is 0.0629. The normalized spacial score (nSPS) is 14.8. The largest absolute Gasteiger partial charge is 0.486 e. The van der Waals surface area contributed by atoms with Crippen LogP contribution in [0.3, 0.4) is 0 Å². The van der Waals surface area contributed by atoms with Crippen LogP contribution in [0, 0.1) is 19.7 Å². The van der Waals surface area contributed by atoms with Gasteiger partial charge in [-0.15, -0.1) is 11.3 Å². The number of nitrogens with zero attached hydrogens (tertiary/aromatic N) is 4. The summed E-state index contributed by atoms with van der Waals surface area (Å²) in [6.07, 6.45) is 0. The molecule has 7 nitrogen and oxygen atoms in total. The van der Waals surface area contributed by atoms with E-state index in [4.69, 9.17) is 9.26 Å². The van der Waals surface area contributed by atoms with Crippen LogP contribution in [0.2, 0.25) is 0 Å². The number of carbonyl (C=O) groups is 1. The Balaban J connectivity index is 1.31. The quantitative estimate of drug-likeness (QED) is 0.597. The van der Waals surface area contributed by atoms with Gasteiger partial charge in [-0.3, -0.25) is 9.69 Å². The first-order valence-corrected chi connectivity index (χ1v) is 10.6. The first kappa shape index (κ1) is 20.5. The zero-order valence-corrected chi connectivity index (χ0v) is 17.7. The van der Waals surface area contributed by atoms with E-state index in [1.54, 1.807) is 12.1 Å². The van der Waals surface area contributed by atoms with Crippen molar-refractivity contribution in [3.63, 3.8) is 0 Å². The number of ether oxygens (including phenoxy) is 1. The van der Waals surface area contributed by atoms with Crippen molar-refractivity contribution in [2.45, 2.75) is 27.0 Å². The number of thiazole rings is 1. The molecular weight excluding hydrogens is 407 g/mol. The van der Waals surface area contributed by atoms with E-state index in [9.17, 15) is 9.18 Å². The SMILES string of the molecule is Cc1cc(CN2CCN(C(=O)c3sc(COc4ccc(F)cc4)nc3C)CC2)no1. The molecule has 1 fully saturated rings. The van der Waals surface area contributed by atoms with Crippen molar-refractivity contribution < 1.29 is 18.4 Å². The summed E-state index contributed by atoms with van der Waals surface area (Å²) >= 11 is 1.35. The van der Waals surface area contributed by atoms with Crippen molar-refractivity contribution in [2.75, 3.05) is 26.2 Å². The molecule has 9 heteroatoms. The summed E-state index contributed by atoms with van der Waals surface area (Å²) in [5, 5.41) is 4.76. The van der Waals surface area contributed by atoms with E-state index >= 15 is 0 Å². The molecule has 4 rings (SSSR count). The molecule has 0 atom stereocenters. The van der Waals surface area contributed by atoms with Crippen molar-refractivity contribution in [1.82, 2.24) is 19.9 Å². The lowest BCUT2D eigenvalue weighted by Crippen LogP contribution is -2.48. The lowest BCUT2D eigenvalue weighted by Gasteiger charge is -2.34. The van der Waals surface area contributed by atoms with Gasteiger partial charge in [-0.05, 0) is 38.1 Å². The fourth-order valence-corrected chi connectivity index (χ4v) is 4.31. The Kier molecular flexibility index (Phi) is 6.10. The molecule has 3 aromatic rings. The molecule has 1 saturated heterocycles. The van der Waals surface area contributed by atoms with Gasteiger partial charge in [0.05, 0.1) is 11.4 Å². The number of rotatable bonds is 6. The van der Waals surface area contributed by atoms with E-state index in [2.05, 4.69) is 15.0 Å². The maximum Gasteiger partial charge on any atom is 0.265 e. The molecule has 0 unspecified atom stereocenters. The number of piperazine rings is 1. The smallest absolute Gasteiger partial charge is 0.265 e. The fourth-order valence-electron chi connectivity index (χ4n) is 3.36. The highest BCUT2D eigenvalue weighted by atomic mass is 32.1. The average Bonchev–Trinajstić information content (AvgIpc) is 3.32. The van der Waals surface area contributed by atoms with Gasteiger partial charge >= 0.3 is 0 Å². The fraction of sp³-hybridized carbons (Fsp3) is 0.381. The summed E-state index contributed by atoms with van der Waals surface area (Å²) in [7, 11) is 0. The third kappa shape index (κ3) is 4.85. The third-order valence-corrected chi connectivity index (χ3v) is 6.05. The van der Waals surface area contributed by atoms with Gasteiger partial charge in [0.15, 0.2) is 0 Å². The van der Waals surface area contributed by atoms with Crippen molar-refractivity contribution in [3.8, 4) is 5.75 Å². The molecule has 158 valence electrons. The third-order valence-electron chi connectivity index (χ3n) is 4.93. The van der Waals surface area contributed by atoms with Gasteiger partial charge in [-0.25, -0.2) is 9.37 Å². The molecule has 0 spiro atoms. The van der Waals surface area contributed by atoms with E-state index in [1.807, 2.05) is 24.8 Å². The highest BCUT2D eigenvalue weighted by Crippen LogP contribution is 2.23. The molecule has 1 amide bonds. The van der Waals surface area contributed by atoms with Gasteiger partial charge in [-0.1, -0.05) is 5.16 Å². The first-order chi connectivity index (χ1) is 14.5. The zero-order chi connectivity index (χ0) is 21.1. The Morgan fingerprint density at radius 1 is 1.20 bits per heavy atom. The second-order valence-corrected chi connectivity index (χ2v) is 8.35. The Morgan fingerprint density at radius 2 is 1.93 bits per heavy atom. The lowest BCUT2D eigenvalue weighted by atomic mass is 10.2. The van der Waals surface area contributed by atoms with E-state index < -0.39 is 0 Å². The predicted octanol–water partition coefficient (Wildman–Crippen LogP) is 3.42. The van der Waals surface area contributed by atoms with Crippen molar-refractivity contribution in [2.24, 2.45) is 0 Å². The number of aromatic nitrogens is 2. The van der Waals surface area contributed by atoms with Crippen LogP contribution in [-0.2, 0) is 13.2 Å². The molecule has 1 aromatic carbocycles. The van der Waals surface area contributed by atoms with Gasteiger partial charge in [0.25, 0.3) is 5.91 Å². The van der Waals surface area contributed by atoms with Gasteiger partial charge < -0.3 is 14.2 Å². The molecule has 1 aliphatic heterocycles. The second kappa shape index (κ2) is 8.93. The molecule has 0 saturated carbocycles. The van der Waals surface area contributed by atoms with Crippen LogP contribution in [0.4, 0.5) is 4.39 Å². The standard InChI is InChI=1S/C21H23FN4O3S/c1-14-11-17(24-29-14)12-25-7-9-26(10-8-25)21(27)20-15(2)23-19(30-20)13-28-18-5-3-16(22)4-6-18/h3-6,11H,7-10,12-13H2,1-2H3. The summed E-state index contributed by atoms with van der Waals surface area (Å²) in [6.45, 7) is 7.59. The molecule has 0 N–H and O–H groups in total. The summed E-state index contributed by atoms with van der Waals surface area (Å²) in [5.41, 5.74) is 1.62. The van der Waals surface area contributed by atoms with E-state index in [0.29, 0.717) is 29.4 Å². The number of hydrogen-bond donors (Lipinski definition) is 0. The van der Waals surface area contributed by atoms with Crippen LogP contribution in [0.1, 0.15) is 31.8 Å². The first-order valence-electron chi connectivity index (χ1n) is 9.76. The molecule has 2 aromatic heterocycles. The molecule has 0 radical (unpaired) electrons. The van der Waals surface area contributed by atoms with Gasteiger partial charge in [0, 0.05) is 38.8 Å². The number of halogens is 1. The maximum absolute atomic E-state index is 13.0. The molecule has 30 heavy (non-hydrogen) atoms. The maximum atomic E-state index is 13.0. The highest BCUT2D eigenvalue weighted by molar-refractivity contribution is 7.13. The minimum atomic E-state index is -0.309. The van der Waals surface area contributed by atoms with E-state index in [-0.39, 0.29) is 18.3 Å². The van der Waals surface area contributed by atoms with Gasteiger partial charge in [-0.2, -0.15) is 0 Å². The zero-order valence-electron chi connectivity index (χ0n) is 16.9. The van der Waals surface area contributed by atoms with Crippen LogP contribution >= 0.6 is 11.3 Å². The molecule has 3 heterocycles. The number of carbonyl (C=O) groups excluding carboxylic acids is 1. The Morgan fingerprint density at radius 3 is 2.60 bits per heavy atom. The second-order valence-electron chi connectivity index (χ2n) is 7.26. The summed E-state index contributed by atoms with van der Waals surface area (Å²) in [4.78, 5) is 22.2. The van der Waals surface area contributed by atoms with Gasteiger partial charge in [0.1, 0.15) is 33.8 Å². The predicted molar refractivity (Wildman–Crippen MR) is 110 cm³/mol. The number of benzene rings is 1. The van der Waals surface area contributed by atoms with Crippen molar-refractivity contribution >= 4 is 17.2 Å².